The molecule has 0 aliphatic carbocycles. The second kappa shape index (κ2) is 10.8. The van der Waals surface area contributed by atoms with Crippen LogP contribution in [0.3, 0.4) is 0 Å². The van der Waals surface area contributed by atoms with Crippen molar-refractivity contribution in [2.45, 2.75) is 46.0 Å². The summed E-state index contributed by atoms with van der Waals surface area (Å²) in [6.07, 6.45) is 4.35. The minimum absolute atomic E-state index is 0.281. The van der Waals surface area contributed by atoms with Crippen LogP contribution in [0.15, 0.2) is 30.3 Å². The van der Waals surface area contributed by atoms with Gasteiger partial charge in [-0.05, 0) is 38.7 Å². The van der Waals surface area contributed by atoms with Crippen molar-refractivity contribution in [2.75, 3.05) is 13.2 Å². The van der Waals surface area contributed by atoms with Crippen LogP contribution in [0.4, 0.5) is 0 Å². The molecule has 0 heterocycles. The Morgan fingerprint density at radius 1 is 0.909 bits per heavy atom. The lowest BCUT2D eigenvalue weighted by Gasteiger charge is -2.14. The standard InChI is InChI=1S/C18H26O4/c1-3-21-17(19)16(18(20)22-4-2)14-10-6-9-13-15-11-7-5-8-12-15/h5,7-8,11-12,16H,3-4,6,9-10,13-14H2,1-2H3. The maximum absolute atomic E-state index is 11.8. The van der Waals surface area contributed by atoms with E-state index in [0.29, 0.717) is 6.42 Å². The van der Waals surface area contributed by atoms with Gasteiger partial charge in [0.2, 0.25) is 0 Å². The predicted octanol–water partition coefficient (Wildman–Crippen LogP) is 3.53. The molecule has 1 rings (SSSR count). The van der Waals surface area contributed by atoms with E-state index < -0.39 is 17.9 Å². The fourth-order valence-corrected chi connectivity index (χ4v) is 2.32. The number of ether oxygens (including phenoxy) is 2. The Morgan fingerprint density at radius 2 is 1.50 bits per heavy atom. The van der Waals surface area contributed by atoms with E-state index in [1.165, 1.54) is 5.56 Å². The molecule has 0 N–H and O–H groups in total. The van der Waals surface area contributed by atoms with E-state index in [-0.39, 0.29) is 13.2 Å². The second-order valence-corrected chi connectivity index (χ2v) is 5.14. The summed E-state index contributed by atoms with van der Waals surface area (Å²) in [7, 11) is 0. The van der Waals surface area contributed by atoms with E-state index in [1.54, 1.807) is 13.8 Å². The second-order valence-electron chi connectivity index (χ2n) is 5.14. The molecule has 0 bridgehead atoms. The molecule has 0 aromatic heterocycles. The molecule has 0 radical (unpaired) electrons. The van der Waals surface area contributed by atoms with Gasteiger partial charge in [-0.15, -0.1) is 0 Å². The SMILES string of the molecule is CCOC(=O)C(CCCCCc1ccccc1)C(=O)OCC. The zero-order valence-electron chi connectivity index (χ0n) is 13.5. The summed E-state index contributed by atoms with van der Waals surface area (Å²) in [5, 5.41) is 0. The number of esters is 2. The Bertz CT molecular complexity index is 424. The van der Waals surface area contributed by atoms with Crippen LogP contribution < -0.4 is 0 Å². The number of unbranched alkanes of at least 4 members (excludes halogenated alkanes) is 2. The predicted molar refractivity (Wildman–Crippen MR) is 85.4 cm³/mol. The first-order chi connectivity index (χ1) is 10.7. The number of aryl methyl sites for hydroxylation is 1. The van der Waals surface area contributed by atoms with E-state index in [0.717, 1.165) is 25.7 Å². The Labute approximate surface area is 132 Å². The van der Waals surface area contributed by atoms with Crippen molar-refractivity contribution in [3.8, 4) is 0 Å². The molecule has 0 atom stereocenters. The van der Waals surface area contributed by atoms with Gasteiger partial charge in [-0.1, -0.05) is 43.2 Å². The number of carbonyl (C=O) groups excluding carboxylic acids is 2. The van der Waals surface area contributed by atoms with E-state index in [2.05, 4.69) is 12.1 Å². The zero-order valence-corrected chi connectivity index (χ0v) is 13.5. The van der Waals surface area contributed by atoms with Crippen molar-refractivity contribution in [3.05, 3.63) is 35.9 Å². The van der Waals surface area contributed by atoms with Crippen LogP contribution >= 0.6 is 0 Å². The highest BCUT2D eigenvalue weighted by molar-refractivity contribution is 5.94. The van der Waals surface area contributed by atoms with Gasteiger partial charge >= 0.3 is 11.9 Å². The summed E-state index contributed by atoms with van der Waals surface area (Å²) in [5.74, 6) is -1.72. The van der Waals surface area contributed by atoms with E-state index >= 15 is 0 Å². The molecular weight excluding hydrogens is 280 g/mol. The number of hydrogen-bond donors (Lipinski definition) is 0. The minimum atomic E-state index is -0.781. The lowest BCUT2D eigenvalue weighted by molar-refractivity contribution is -0.161. The van der Waals surface area contributed by atoms with Crippen molar-refractivity contribution in [1.82, 2.24) is 0 Å². The summed E-state index contributed by atoms with van der Waals surface area (Å²) < 4.78 is 9.92. The van der Waals surface area contributed by atoms with Crippen molar-refractivity contribution in [2.24, 2.45) is 5.92 Å². The third-order valence-electron chi connectivity index (χ3n) is 3.44. The lowest BCUT2D eigenvalue weighted by Crippen LogP contribution is -2.28. The van der Waals surface area contributed by atoms with Gasteiger partial charge in [-0.2, -0.15) is 0 Å². The van der Waals surface area contributed by atoms with Crippen LogP contribution in [0.2, 0.25) is 0 Å². The van der Waals surface area contributed by atoms with Gasteiger partial charge < -0.3 is 9.47 Å². The Morgan fingerprint density at radius 3 is 2.05 bits per heavy atom. The molecule has 22 heavy (non-hydrogen) atoms. The molecule has 1 aromatic rings. The average Bonchev–Trinajstić information content (AvgIpc) is 2.52. The van der Waals surface area contributed by atoms with Gasteiger partial charge in [0.1, 0.15) is 0 Å². The smallest absolute Gasteiger partial charge is 0.320 e. The van der Waals surface area contributed by atoms with Crippen LogP contribution in [-0.2, 0) is 25.5 Å². The monoisotopic (exact) mass is 306 g/mol. The van der Waals surface area contributed by atoms with Gasteiger partial charge in [-0.25, -0.2) is 0 Å². The summed E-state index contributed by atoms with van der Waals surface area (Å²) >= 11 is 0. The van der Waals surface area contributed by atoms with Gasteiger partial charge in [-0.3, -0.25) is 9.59 Å². The fourth-order valence-electron chi connectivity index (χ4n) is 2.32. The summed E-state index contributed by atoms with van der Waals surface area (Å²) in [6.45, 7) is 4.03. The summed E-state index contributed by atoms with van der Waals surface area (Å²) in [4.78, 5) is 23.6. The third kappa shape index (κ3) is 6.74. The summed E-state index contributed by atoms with van der Waals surface area (Å²) in [5.41, 5.74) is 1.31. The van der Waals surface area contributed by atoms with Crippen molar-refractivity contribution in [1.29, 1.82) is 0 Å². The summed E-state index contributed by atoms with van der Waals surface area (Å²) in [6, 6.07) is 10.3. The maximum Gasteiger partial charge on any atom is 0.320 e. The van der Waals surface area contributed by atoms with Crippen LogP contribution in [0, 0.1) is 5.92 Å². The Hall–Kier alpha value is -1.84. The van der Waals surface area contributed by atoms with Crippen molar-refractivity contribution >= 4 is 11.9 Å². The fraction of sp³-hybridized carbons (Fsp3) is 0.556. The maximum atomic E-state index is 11.8. The van der Waals surface area contributed by atoms with Gasteiger partial charge in [0.15, 0.2) is 5.92 Å². The zero-order chi connectivity index (χ0) is 16.2. The molecule has 0 aliphatic heterocycles. The molecular formula is C18H26O4. The normalized spacial score (nSPS) is 10.5. The Balaban J connectivity index is 2.33. The van der Waals surface area contributed by atoms with Crippen LogP contribution in [0.5, 0.6) is 0 Å². The lowest BCUT2D eigenvalue weighted by atomic mass is 9.99. The highest BCUT2D eigenvalue weighted by Crippen LogP contribution is 2.15. The first-order valence-electron chi connectivity index (χ1n) is 8.06. The Kier molecular flexibility index (Phi) is 8.96. The van der Waals surface area contributed by atoms with Gasteiger partial charge in [0.25, 0.3) is 0 Å². The number of hydrogen-bond acceptors (Lipinski definition) is 4. The number of carbonyl (C=O) groups is 2. The first-order valence-corrected chi connectivity index (χ1v) is 8.06. The minimum Gasteiger partial charge on any atom is -0.465 e. The molecule has 4 heteroatoms. The molecule has 0 spiro atoms. The molecule has 1 aromatic carbocycles. The third-order valence-corrected chi connectivity index (χ3v) is 3.44. The molecule has 0 aliphatic rings. The van der Waals surface area contributed by atoms with Crippen molar-refractivity contribution < 1.29 is 19.1 Å². The largest absolute Gasteiger partial charge is 0.465 e. The van der Waals surface area contributed by atoms with Crippen LogP contribution in [0.25, 0.3) is 0 Å². The number of rotatable bonds is 10. The number of benzene rings is 1. The highest BCUT2D eigenvalue weighted by atomic mass is 16.6. The molecule has 0 amide bonds. The molecule has 0 saturated heterocycles. The van der Waals surface area contributed by atoms with Crippen LogP contribution in [0.1, 0.15) is 45.1 Å². The topological polar surface area (TPSA) is 52.6 Å². The van der Waals surface area contributed by atoms with Crippen LogP contribution in [-0.4, -0.2) is 25.2 Å². The van der Waals surface area contributed by atoms with Crippen molar-refractivity contribution in [3.63, 3.8) is 0 Å². The van der Waals surface area contributed by atoms with E-state index in [9.17, 15) is 9.59 Å². The van der Waals surface area contributed by atoms with Gasteiger partial charge in [0, 0.05) is 0 Å². The molecule has 122 valence electrons. The highest BCUT2D eigenvalue weighted by Gasteiger charge is 2.28. The average molecular weight is 306 g/mol. The first kappa shape index (κ1) is 18.2. The molecule has 4 nitrogen and oxygen atoms in total. The van der Waals surface area contributed by atoms with E-state index in [1.807, 2.05) is 18.2 Å². The molecule has 0 unspecified atom stereocenters. The van der Waals surface area contributed by atoms with E-state index in [4.69, 9.17) is 9.47 Å². The quantitative estimate of drug-likeness (QED) is 0.377. The molecule has 0 fully saturated rings. The molecule has 0 saturated carbocycles. The van der Waals surface area contributed by atoms with Gasteiger partial charge in [0.05, 0.1) is 13.2 Å².